The van der Waals surface area contributed by atoms with Crippen molar-refractivity contribution in [1.82, 2.24) is 19.5 Å². The molecule has 0 unspecified atom stereocenters. The Kier molecular flexibility index (Phi) is 11.2. The second kappa shape index (κ2) is 17.1. The molecule has 1 radical (unpaired) electrons. The number of benzene rings is 5. The molecule has 0 aliphatic heterocycles. The second-order valence-electron chi connectivity index (χ2n) is 15.2. The van der Waals surface area contributed by atoms with Crippen molar-refractivity contribution in [1.29, 1.82) is 0 Å². The van der Waals surface area contributed by atoms with Crippen molar-refractivity contribution in [2.45, 2.75) is 44.0 Å². The van der Waals surface area contributed by atoms with Crippen molar-refractivity contribution in [3.63, 3.8) is 0 Å². The first-order chi connectivity index (χ1) is 27.9. The van der Waals surface area contributed by atoms with Crippen LogP contribution in [-0.2, 0) is 33.0 Å². The Morgan fingerprint density at radius 3 is 2.26 bits per heavy atom. The van der Waals surface area contributed by atoms with Gasteiger partial charge >= 0.3 is 128 Å². The van der Waals surface area contributed by atoms with Gasteiger partial charge in [-0.3, -0.25) is 9.97 Å². The van der Waals surface area contributed by atoms with E-state index in [-0.39, 0.29) is 31.8 Å². The van der Waals surface area contributed by atoms with Crippen molar-refractivity contribution >= 4 is 50.6 Å². The third-order valence-electron chi connectivity index (χ3n) is 9.69. The van der Waals surface area contributed by atoms with Crippen molar-refractivity contribution in [3.05, 3.63) is 169 Å². The van der Waals surface area contributed by atoms with Crippen LogP contribution in [0.5, 0.6) is 0 Å². The van der Waals surface area contributed by atoms with E-state index in [0.717, 1.165) is 50.0 Å². The van der Waals surface area contributed by atoms with Crippen molar-refractivity contribution in [2.24, 2.45) is 5.92 Å². The summed E-state index contributed by atoms with van der Waals surface area (Å²) in [6.45, 7) is 4.51. The van der Waals surface area contributed by atoms with Gasteiger partial charge in [-0.05, 0) is 48.0 Å². The number of pyridine rings is 2. The zero-order valence-corrected chi connectivity index (χ0v) is 37.0. The number of hydrogen-bond acceptors (Lipinski definition) is 4. The number of halogens is 1. The SMILES string of the molecule is Fc1ccc(-c2nccc3c2oc2c(-c4nc5ccccc5n4Cc4ccccc4)[c-]ccc23)cc1.[2H]C([2H])(c1c[c]([Ge]([CH3])([CH3])[CH3])cnc1-c1[c-]cccc1)C(C)C.[Ir]. The van der Waals surface area contributed by atoms with Crippen LogP contribution in [0.2, 0.25) is 17.3 Å². The van der Waals surface area contributed by atoms with Crippen molar-refractivity contribution in [3.8, 4) is 33.9 Å². The van der Waals surface area contributed by atoms with E-state index in [2.05, 4.69) is 68.2 Å². The van der Waals surface area contributed by atoms with E-state index in [4.69, 9.17) is 12.1 Å². The molecule has 4 heterocycles. The molecular weight excluding hydrogens is 944 g/mol. The number of hydrogen-bond donors (Lipinski definition) is 0. The van der Waals surface area contributed by atoms with Gasteiger partial charge in [0.1, 0.15) is 17.1 Å². The van der Waals surface area contributed by atoms with Crippen LogP contribution in [0.15, 0.2) is 144 Å². The Hall–Kier alpha value is -5.21. The summed E-state index contributed by atoms with van der Waals surface area (Å²) in [5.74, 6) is 7.31. The van der Waals surface area contributed by atoms with Gasteiger partial charge in [-0.1, -0.05) is 53.4 Å². The first kappa shape index (κ1) is 37.4. The molecule has 0 atom stereocenters. The number of para-hydroxylation sites is 2. The maximum absolute atomic E-state index is 13.5. The number of fused-ring (bicyclic) bond motifs is 4. The predicted molar refractivity (Wildman–Crippen MR) is 230 cm³/mol. The van der Waals surface area contributed by atoms with E-state index in [1.54, 1.807) is 18.3 Å². The molecule has 0 saturated heterocycles. The third-order valence-corrected chi connectivity index (χ3v) is 13.9. The standard InChI is InChI=1S/C31H19FN3O.C18H24GeN.Ir/c32-22-15-13-21(14-16-22)28-30-24(17-18-33-28)23-9-6-10-25(29(23)36-30)31-34-26-11-4-5-12-27(26)35(31)19-20-7-2-1-3-8-20;1-14(2)11-16-12-17(19(3,4)5)13-20-18(16)15-9-7-6-8-10-15;/h1-9,11-18H,19H2;6-9,12-14H,11H2,1-5H3;/q2*-1;/i;11D2;. The number of furan rings is 1. The van der Waals surface area contributed by atoms with Gasteiger partial charge in [0.15, 0.2) is 0 Å². The Morgan fingerprint density at radius 1 is 0.789 bits per heavy atom. The summed E-state index contributed by atoms with van der Waals surface area (Å²) in [6.07, 6.45) is 2.29. The molecule has 0 bridgehead atoms. The summed E-state index contributed by atoms with van der Waals surface area (Å²) in [5, 5.41) is 1.91. The summed E-state index contributed by atoms with van der Waals surface area (Å²) >= 11 is -2.06. The quantitative estimate of drug-likeness (QED) is 0.112. The minimum atomic E-state index is -2.06. The van der Waals surface area contributed by atoms with Gasteiger partial charge in [0.05, 0.1) is 22.4 Å². The average Bonchev–Trinajstić information content (AvgIpc) is 3.80. The molecule has 5 aromatic carbocycles. The van der Waals surface area contributed by atoms with Gasteiger partial charge in [-0.25, -0.2) is 4.39 Å². The van der Waals surface area contributed by atoms with E-state index in [1.165, 1.54) is 22.1 Å². The Balaban J connectivity index is 0.000000199. The van der Waals surface area contributed by atoms with E-state index < -0.39 is 19.6 Å². The van der Waals surface area contributed by atoms with Gasteiger partial charge in [-0.15, -0.1) is 18.2 Å². The summed E-state index contributed by atoms with van der Waals surface area (Å²) in [6, 6.07) is 46.9. The maximum atomic E-state index is 13.5. The summed E-state index contributed by atoms with van der Waals surface area (Å²) in [5.41, 5.74) is 9.04. The zero-order valence-electron chi connectivity index (χ0n) is 34.5. The fourth-order valence-electron chi connectivity index (χ4n) is 6.89. The number of rotatable bonds is 8. The molecule has 287 valence electrons. The number of nitrogens with zero attached hydrogens (tertiary/aromatic N) is 4. The monoisotopic (exact) mass is 991 g/mol. The average molecular weight is 990 g/mol. The molecule has 9 rings (SSSR count). The van der Waals surface area contributed by atoms with Gasteiger partial charge in [0.25, 0.3) is 0 Å². The molecule has 0 fully saturated rings. The maximum Gasteiger partial charge on any atom is 0 e. The normalized spacial score (nSPS) is 12.3. The van der Waals surface area contributed by atoms with E-state index >= 15 is 0 Å². The van der Waals surface area contributed by atoms with Crippen LogP contribution in [0.3, 0.4) is 0 Å². The van der Waals surface area contributed by atoms with Crippen LogP contribution in [0.25, 0.3) is 66.9 Å². The second-order valence-corrected chi connectivity index (χ2v) is 25.8. The fourth-order valence-corrected chi connectivity index (χ4v) is 9.05. The number of imidazole rings is 1. The predicted octanol–water partition coefficient (Wildman–Crippen LogP) is 11.9. The molecule has 8 heteroatoms. The van der Waals surface area contributed by atoms with Crippen molar-refractivity contribution in [2.75, 3.05) is 0 Å². The third kappa shape index (κ3) is 8.57. The summed E-state index contributed by atoms with van der Waals surface area (Å²) in [7, 11) is 0. The van der Waals surface area contributed by atoms with E-state index in [1.807, 2.05) is 98.9 Å². The minimum Gasteiger partial charge on any atom is 0 e. The fraction of sp³-hybridized carbons (Fsp3) is 0.163. The molecule has 0 spiro atoms. The summed E-state index contributed by atoms with van der Waals surface area (Å²) in [4.78, 5) is 14.2. The van der Waals surface area contributed by atoms with Gasteiger partial charge in [0.2, 0.25) is 0 Å². The smallest absolute Gasteiger partial charge is 0 e. The van der Waals surface area contributed by atoms with E-state index in [0.29, 0.717) is 29.0 Å². The number of aromatic nitrogens is 4. The van der Waals surface area contributed by atoms with Crippen LogP contribution in [0, 0.1) is 23.9 Å². The molecule has 0 saturated carbocycles. The molecule has 0 N–H and O–H groups in total. The molecule has 0 aliphatic rings. The molecule has 4 aromatic heterocycles. The van der Waals surface area contributed by atoms with Crippen LogP contribution in [0.1, 0.15) is 27.7 Å². The first-order valence-electron chi connectivity index (χ1n) is 19.9. The summed E-state index contributed by atoms with van der Waals surface area (Å²) < 4.78 is 40.6. The van der Waals surface area contributed by atoms with Gasteiger partial charge in [-0.2, -0.15) is 0 Å². The van der Waals surface area contributed by atoms with Crippen LogP contribution in [-0.4, -0.2) is 32.8 Å². The largest absolute Gasteiger partial charge is 0 e. The molecule has 0 aliphatic carbocycles. The Labute approximate surface area is 352 Å². The topological polar surface area (TPSA) is 56.7 Å². The van der Waals surface area contributed by atoms with Crippen LogP contribution in [0.4, 0.5) is 4.39 Å². The van der Waals surface area contributed by atoms with E-state index in [9.17, 15) is 4.39 Å². The molecular formula is C49H43FGeIrN4O-2. The Morgan fingerprint density at radius 2 is 1.53 bits per heavy atom. The zero-order chi connectivity index (χ0) is 40.6. The van der Waals surface area contributed by atoms with Crippen LogP contribution < -0.4 is 4.40 Å². The minimum absolute atomic E-state index is 0. The molecule has 9 aromatic rings. The van der Waals surface area contributed by atoms with Crippen LogP contribution >= 0.6 is 0 Å². The molecule has 0 amide bonds. The molecule has 57 heavy (non-hydrogen) atoms. The molecule has 5 nitrogen and oxygen atoms in total. The van der Waals surface area contributed by atoms with Crippen molar-refractivity contribution < 1.29 is 31.7 Å². The Bertz CT molecular complexity index is 2870. The first-order valence-corrected chi connectivity index (χ1v) is 26.2. The van der Waals surface area contributed by atoms with Gasteiger partial charge in [0, 0.05) is 43.8 Å². The van der Waals surface area contributed by atoms with Gasteiger partial charge < -0.3 is 8.98 Å².